The van der Waals surface area contributed by atoms with E-state index in [2.05, 4.69) is 10.6 Å². The molecule has 2 N–H and O–H groups in total. The summed E-state index contributed by atoms with van der Waals surface area (Å²) < 4.78 is 0. The predicted molar refractivity (Wildman–Crippen MR) is 42.0 cm³/mol. The molecule has 2 saturated heterocycles. The SMILES string of the molecule is C1CC[C@@H]2NCC[C@H]2NC1. The first kappa shape index (κ1) is 6.62. The minimum absolute atomic E-state index is 0.794. The van der Waals surface area contributed by atoms with Gasteiger partial charge in [0.15, 0.2) is 0 Å². The molecule has 2 heteroatoms. The lowest BCUT2D eigenvalue weighted by atomic mass is 10.1. The van der Waals surface area contributed by atoms with Gasteiger partial charge < -0.3 is 10.6 Å². The van der Waals surface area contributed by atoms with Gasteiger partial charge in [-0.05, 0) is 32.4 Å². The Bertz CT molecular complexity index is 102. The van der Waals surface area contributed by atoms with Gasteiger partial charge in [0.25, 0.3) is 0 Å². The first-order valence-corrected chi connectivity index (χ1v) is 4.43. The minimum Gasteiger partial charge on any atom is -0.312 e. The van der Waals surface area contributed by atoms with Crippen molar-refractivity contribution in [1.82, 2.24) is 10.6 Å². The van der Waals surface area contributed by atoms with Gasteiger partial charge in [-0.1, -0.05) is 6.42 Å². The summed E-state index contributed by atoms with van der Waals surface area (Å²) in [6, 6.07) is 1.59. The highest BCUT2D eigenvalue weighted by Gasteiger charge is 2.26. The summed E-state index contributed by atoms with van der Waals surface area (Å²) in [7, 11) is 0. The third-order valence-corrected chi connectivity index (χ3v) is 2.70. The molecule has 0 aromatic heterocycles. The number of hydrogen-bond acceptors (Lipinski definition) is 2. The zero-order valence-electron chi connectivity index (χ0n) is 6.40. The molecule has 58 valence electrons. The molecule has 0 unspecified atom stereocenters. The number of hydrogen-bond donors (Lipinski definition) is 2. The fourth-order valence-corrected chi connectivity index (χ4v) is 2.09. The summed E-state index contributed by atoms with van der Waals surface area (Å²) in [5, 5.41) is 7.12. The highest BCUT2D eigenvalue weighted by atomic mass is 15.1. The Labute approximate surface area is 62.4 Å². The van der Waals surface area contributed by atoms with Crippen LogP contribution in [0.2, 0.25) is 0 Å². The zero-order valence-corrected chi connectivity index (χ0v) is 6.40. The maximum absolute atomic E-state index is 3.58. The molecule has 2 nitrogen and oxygen atoms in total. The highest BCUT2D eigenvalue weighted by molar-refractivity contribution is 4.90. The first-order chi connectivity index (χ1) is 4.97. The Balaban J connectivity index is 1.95. The van der Waals surface area contributed by atoms with Crippen LogP contribution in [0.25, 0.3) is 0 Å². The molecule has 0 aromatic rings. The van der Waals surface area contributed by atoms with E-state index in [0.717, 1.165) is 12.1 Å². The Morgan fingerprint density at radius 2 is 1.60 bits per heavy atom. The molecule has 2 heterocycles. The summed E-state index contributed by atoms with van der Waals surface area (Å²) in [5.41, 5.74) is 0. The lowest BCUT2D eigenvalue weighted by Crippen LogP contribution is -2.38. The van der Waals surface area contributed by atoms with Crippen LogP contribution in [0.15, 0.2) is 0 Å². The van der Waals surface area contributed by atoms with Crippen molar-refractivity contribution in [1.29, 1.82) is 0 Å². The van der Waals surface area contributed by atoms with E-state index in [1.54, 1.807) is 0 Å². The molecule has 0 aliphatic carbocycles. The molecule has 10 heavy (non-hydrogen) atoms. The van der Waals surface area contributed by atoms with Crippen molar-refractivity contribution in [3.63, 3.8) is 0 Å². The summed E-state index contributed by atoms with van der Waals surface area (Å²) >= 11 is 0. The van der Waals surface area contributed by atoms with Crippen LogP contribution in [0, 0.1) is 0 Å². The van der Waals surface area contributed by atoms with Gasteiger partial charge in [-0.2, -0.15) is 0 Å². The predicted octanol–water partition coefficient (Wildman–Crippen LogP) is 0.490. The monoisotopic (exact) mass is 140 g/mol. The number of fused-ring (bicyclic) bond motifs is 1. The maximum Gasteiger partial charge on any atom is 0.0233 e. The fourth-order valence-electron chi connectivity index (χ4n) is 2.09. The molecule has 0 spiro atoms. The van der Waals surface area contributed by atoms with Crippen molar-refractivity contribution in [2.75, 3.05) is 13.1 Å². The Kier molecular flexibility index (Phi) is 1.91. The van der Waals surface area contributed by atoms with Crippen molar-refractivity contribution in [3.8, 4) is 0 Å². The van der Waals surface area contributed by atoms with Crippen LogP contribution < -0.4 is 10.6 Å². The van der Waals surface area contributed by atoms with Crippen molar-refractivity contribution in [3.05, 3.63) is 0 Å². The van der Waals surface area contributed by atoms with Crippen LogP contribution in [0.4, 0.5) is 0 Å². The Morgan fingerprint density at radius 3 is 2.60 bits per heavy atom. The second-order valence-electron chi connectivity index (χ2n) is 3.41. The van der Waals surface area contributed by atoms with Crippen LogP contribution in [-0.2, 0) is 0 Å². The van der Waals surface area contributed by atoms with Crippen LogP contribution in [-0.4, -0.2) is 25.2 Å². The van der Waals surface area contributed by atoms with Crippen molar-refractivity contribution < 1.29 is 0 Å². The van der Waals surface area contributed by atoms with Gasteiger partial charge in [-0.3, -0.25) is 0 Å². The lowest BCUT2D eigenvalue weighted by molar-refractivity contribution is 0.470. The molecular weight excluding hydrogens is 124 g/mol. The topological polar surface area (TPSA) is 24.1 Å². The van der Waals surface area contributed by atoms with Crippen molar-refractivity contribution in [2.45, 2.75) is 37.8 Å². The third kappa shape index (κ3) is 1.18. The molecule has 2 rings (SSSR count). The molecule has 0 aromatic carbocycles. The average molecular weight is 140 g/mol. The molecule has 0 amide bonds. The Morgan fingerprint density at radius 1 is 0.800 bits per heavy atom. The van der Waals surface area contributed by atoms with Gasteiger partial charge in [0.05, 0.1) is 0 Å². The van der Waals surface area contributed by atoms with E-state index in [1.807, 2.05) is 0 Å². The summed E-state index contributed by atoms with van der Waals surface area (Å²) in [5.74, 6) is 0. The van der Waals surface area contributed by atoms with Gasteiger partial charge in [0.1, 0.15) is 0 Å². The third-order valence-electron chi connectivity index (χ3n) is 2.70. The summed E-state index contributed by atoms with van der Waals surface area (Å²) in [6.07, 6.45) is 5.50. The molecule has 2 aliphatic heterocycles. The Hall–Kier alpha value is -0.0800. The average Bonchev–Trinajstić information content (AvgIpc) is 2.28. The van der Waals surface area contributed by atoms with E-state index in [-0.39, 0.29) is 0 Å². The second-order valence-corrected chi connectivity index (χ2v) is 3.41. The number of nitrogens with one attached hydrogen (secondary N) is 2. The fraction of sp³-hybridized carbons (Fsp3) is 1.00. The molecule has 0 radical (unpaired) electrons. The number of rotatable bonds is 0. The second kappa shape index (κ2) is 2.89. The van der Waals surface area contributed by atoms with Gasteiger partial charge in [-0.15, -0.1) is 0 Å². The zero-order chi connectivity index (χ0) is 6.81. The smallest absolute Gasteiger partial charge is 0.0233 e. The van der Waals surface area contributed by atoms with Gasteiger partial charge in [-0.25, -0.2) is 0 Å². The molecule has 2 atom stereocenters. The standard InChI is InChI=1S/C8H16N2/c1-2-5-9-8-4-6-10-7(8)3-1/h7-10H,1-6H2/t7-,8+/m0/s1. The van der Waals surface area contributed by atoms with Crippen molar-refractivity contribution in [2.24, 2.45) is 0 Å². The van der Waals surface area contributed by atoms with Crippen molar-refractivity contribution >= 4 is 0 Å². The van der Waals surface area contributed by atoms with E-state index in [1.165, 1.54) is 38.8 Å². The molecule has 2 fully saturated rings. The lowest BCUT2D eigenvalue weighted by Gasteiger charge is -2.15. The summed E-state index contributed by atoms with van der Waals surface area (Å²) in [4.78, 5) is 0. The highest BCUT2D eigenvalue weighted by Crippen LogP contribution is 2.16. The first-order valence-electron chi connectivity index (χ1n) is 4.43. The minimum atomic E-state index is 0.794. The largest absolute Gasteiger partial charge is 0.312 e. The summed E-state index contributed by atoms with van der Waals surface area (Å²) in [6.45, 7) is 2.46. The normalized spacial score (nSPS) is 40.8. The molecule has 0 bridgehead atoms. The quantitative estimate of drug-likeness (QED) is 0.511. The van der Waals surface area contributed by atoms with Crippen LogP contribution >= 0.6 is 0 Å². The van der Waals surface area contributed by atoms with Crippen LogP contribution in [0.5, 0.6) is 0 Å². The molecular formula is C8H16N2. The van der Waals surface area contributed by atoms with E-state index in [4.69, 9.17) is 0 Å². The van der Waals surface area contributed by atoms with E-state index >= 15 is 0 Å². The van der Waals surface area contributed by atoms with E-state index < -0.39 is 0 Å². The van der Waals surface area contributed by atoms with Gasteiger partial charge in [0.2, 0.25) is 0 Å². The van der Waals surface area contributed by atoms with Crippen LogP contribution in [0.3, 0.4) is 0 Å². The molecule has 0 saturated carbocycles. The van der Waals surface area contributed by atoms with Gasteiger partial charge in [0, 0.05) is 12.1 Å². The van der Waals surface area contributed by atoms with E-state index in [9.17, 15) is 0 Å². The van der Waals surface area contributed by atoms with Crippen LogP contribution in [0.1, 0.15) is 25.7 Å². The van der Waals surface area contributed by atoms with Gasteiger partial charge >= 0.3 is 0 Å². The van der Waals surface area contributed by atoms with E-state index in [0.29, 0.717) is 0 Å². The maximum atomic E-state index is 3.58. The molecule has 2 aliphatic rings.